The van der Waals surface area contributed by atoms with Crippen LogP contribution in [-0.4, -0.2) is 17.6 Å². The fourth-order valence-corrected chi connectivity index (χ4v) is 2.16. The van der Waals surface area contributed by atoms with E-state index >= 15 is 0 Å². The molecule has 0 aromatic carbocycles. The lowest BCUT2D eigenvalue weighted by molar-refractivity contribution is -0.142. The molecule has 0 atom stereocenters. The topological polar surface area (TPSA) is 39.2 Å². The number of hydrogen-bond acceptors (Lipinski definition) is 3. The van der Waals surface area contributed by atoms with E-state index in [1.165, 1.54) is 6.20 Å². The molecule has 0 spiro atoms. The number of carbonyl (C=O) groups excluding carboxylic acids is 1. The van der Waals surface area contributed by atoms with Crippen molar-refractivity contribution < 1.29 is 18.3 Å². The molecule has 0 unspecified atom stereocenters. The Labute approximate surface area is 117 Å². The minimum Gasteiger partial charge on any atom is -0.466 e. The lowest BCUT2D eigenvalue weighted by Gasteiger charge is -2.13. The van der Waals surface area contributed by atoms with E-state index in [4.69, 9.17) is 16.3 Å². The summed E-state index contributed by atoms with van der Waals surface area (Å²) in [6.07, 6.45) is -1.71. The Balaban J connectivity index is 3.18. The molecule has 1 heterocycles. The van der Waals surface area contributed by atoms with Crippen molar-refractivity contribution in [2.75, 3.05) is 6.61 Å². The summed E-state index contributed by atoms with van der Waals surface area (Å²) in [4.78, 5) is 15.3. The van der Waals surface area contributed by atoms with E-state index in [0.717, 1.165) is 0 Å². The number of rotatable bonds is 5. The summed E-state index contributed by atoms with van der Waals surface area (Å²) in [7, 11) is 0. The van der Waals surface area contributed by atoms with Gasteiger partial charge in [0.2, 0.25) is 0 Å². The van der Waals surface area contributed by atoms with Gasteiger partial charge in [0.15, 0.2) is 0 Å². The summed E-state index contributed by atoms with van der Waals surface area (Å²) >= 11 is 8.66. The molecule has 1 aromatic heterocycles. The van der Waals surface area contributed by atoms with Crippen LogP contribution < -0.4 is 0 Å². The first-order valence-corrected chi connectivity index (χ1v) is 6.49. The highest BCUT2D eigenvalue weighted by Crippen LogP contribution is 2.31. The average molecular weight is 343 g/mol. The van der Waals surface area contributed by atoms with E-state index in [1.54, 1.807) is 6.92 Å². The first kappa shape index (κ1) is 15.3. The normalized spacial score (nSPS) is 10.8. The van der Waals surface area contributed by atoms with Crippen LogP contribution in [-0.2, 0) is 21.8 Å². The number of carbonyl (C=O) groups is 1. The Morgan fingerprint density at radius 1 is 1.61 bits per heavy atom. The zero-order valence-electron chi connectivity index (χ0n) is 9.55. The molecule has 1 rings (SSSR count). The van der Waals surface area contributed by atoms with Crippen LogP contribution in [0.15, 0.2) is 10.8 Å². The quantitative estimate of drug-likeness (QED) is 0.466. The Morgan fingerprint density at radius 2 is 2.28 bits per heavy atom. The molecule has 0 saturated heterocycles. The molecule has 1 aromatic rings. The maximum Gasteiger partial charge on any atom is 0.310 e. The second kappa shape index (κ2) is 6.99. The Morgan fingerprint density at radius 3 is 2.78 bits per heavy atom. The molecule has 100 valence electrons. The van der Waals surface area contributed by atoms with Crippen LogP contribution in [0, 0.1) is 0 Å². The van der Waals surface area contributed by atoms with Crippen LogP contribution in [0.2, 0.25) is 0 Å². The third kappa shape index (κ3) is 3.62. The van der Waals surface area contributed by atoms with Gasteiger partial charge in [-0.2, -0.15) is 0 Å². The molecule has 0 aliphatic heterocycles. The number of pyridine rings is 1. The fraction of sp³-hybridized carbons (Fsp3) is 0.455. The zero-order valence-corrected chi connectivity index (χ0v) is 11.9. The highest BCUT2D eigenvalue weighted by molar-refractivity contribution is 9.10. The number of alkyl halides is 3. The predicted molar refractivity (Wildman–Crippen MR) is 66.8 cm³/mol. The van der Waals surface area contributed by atoms with Crippen molar-refractivity contribution in [3.63, 3.8) is 0 Å². The van der Waals surface area contributed by atoms with Crippen molar-refractivity contribution in [3.8, 4) is 0 Å². The molecule has 0 bridgehead atoms. The molecule has 0 N–H and O–H groups in total. The molecule has 0 fully saturated rings. The van der Waals surface area contributed by atoms with Crippen LogP contribution in [0.25, 0.3) is 0 Å². The molecule has 0 aliphatic carbocycles. The van der Waals surface area contributed by atoms with Gasteiger partial charge in [0.05, 0.1) is 13.0 Å². The fourth-order valence-electron chi connectivity index (χ4n) is 1.49. The first-order chi connectivity index (χ1) is 8.51. The van der Waals surface area contributed by atoms with E-state index in [0.29, 0.717) is 0 Å². The average Bonchev–Trinajstić information content (AvgIpc) is 2.31. The maximum atomic E-state index is 13.0. The summed E-state index contributed by atoms with van der Waals surface area (Å²) in [5, 5.41) is 0. The molecular formula is C11H11BrClF2NO2. The van der Waals surface area contributed by atoms with Gasteiger partial charge in [-0.05, 0) is 28.4 Å². The van der Waals surface area contributed by atoms with Crippen LogP contribution in [0.4, 0.5) is 8.78 Å². The van der Waals surface area contributed by atoms with E-state index in [9.17, 15) is 13.6 Å². The van der Waals surface area contributed by atoms with Gasteiger partial charge in [0.25, 0.3) is 6.43 Å². The minimum atomic E-state index is -2.72. The Kier molecular flexibility index (Phi) is 5.95. The molecule has 7 heteroatoms. The van der Waals surface area contributed by atoms with Crippen molar-refractivity contribution in [2.24, 2.45) is 0 Å². The molecular weight excluding hydrogens is 331 g/mol. The summed E-state index contributed by atoms with van der Waals surface area (Å²) in [5.41, 5.74) is 0.0932. The van der Waals surface area contributed by atoms with Crippen LogP contribution in [0.5, 0.6) is 0 Å². The molecule has 18 heavy (non-hydrogen) atoms. The summed E-state index contributed by atoms with van der Waals surface area (Å²) in [6.45, 7) is 1.84. The standard InChI is InChI=1S/C11H11BrClF2NO2/c1-2-18-8(17)3-7-9(11(14)15)6(4-13)5-16-10(7)12/h5,11H,2-4H2,1H3. The first-order valence-electron chi connectivity index (χ1n) is 5.17. The zero-order chi connectivity index (χ0) is 13.7. The largest absolute Gasteiger partial charge is 0.466 e. The molecule has 3 nitrogen and oxygen atoms in total. The monoisotopic (exact) mass is 341 g/mol. The van der Waals surface area contributed by atoms with E-state index in [-0.39, 0.29) is 40.2 Å². The number of nitrogens with zero attached hydrogens (tertiary/aromatic N) is 1. The highest BCUT2D eigenvalue weighted by Gasteiger charge is 2.22. The predicted octanol–water partition coefficient (Wildman–Crippen LogP) is 3.63. The molecule has 0 saturated carbocycles. The van der Waals surface area contributed by atoms with Crippen LogP contribution in [0.3, 0.4) is 0 Å². The Hall–Kier alpha value is -0.750. The van der Waals surface area contributed by atoms with Gasteiger partial charge in [-0.3, -0.25) is 4.79 Å². The van der Waals surface area contributed by atoms with Crippen LogP contribution >= 0.6 is 27.5 Å². The summed E-state index contributed by atoms with van der Waals surface area (Å²) in [6, 6.07) is 0. The highest BCUT2D eigenvalue weighted by atomic mass is 79.9. The van der Waals surface area contributed by atoms with E-state index < -0.39 is 12.4 Å². The van der Waals surface area contributed by atoms with Crippen molar-refractivity contribution >= 4 is 33.5 Å². The van der Waals surface area contributed by atoms with Crippen molar-refractivity contribution in [3.05, 3.63) is 27.5 Å². The number of esters is 1. The van der Waals surface area contributed by atoms with Gasteiger partial charge in [-0.25, -0.2) is 13.8 Å². The third-order valence-electron chi connectivity index (χ3n) is 2.24. The molecule has 0 aliphatic rings. The second-order valence-electron chi connectivity index (χ2n) is 3.38. The van der Waals surface area contributed by atoms with Crippen molar-refractivity contribution in [1.82, 2.24) is 4.98 Å². The van der Waals surface area contributed by atoms with E-state index in [2.05, 4.69) is 20.9 Å². The van der Waals surface area contributed by atoms with Gasteiger partial charge in [0.1, 0.15) is 4.60 Å². The second-order valence-corrected chi connectivity index (χ2v) is 4.40. The number of halogens is 4. The summed E-state index contributed by atoms with van der Waals surface area (Å²) in [5.74, 6) is -0.663. The number of ether oxygens (including phenoxy) is 1. The number of hydrogen-bond donors (Lipinski definition) is 0. The van der Waals surface area contributed by atoms with Gasteiger partial charge in [0, 0.05) is 23.2 Å². The van der Waals surface area contributed by atoms with Crippen molar-refractivity contribution in [2.45, 2.75) is 25.7 Å². The third-order valence-corrected chi connectivity index (χ3v) is 3.21. The molecule has 0 amide bonds. The summed E-state index contributed by atoms with van der Waals surface area (Å²) < 4.78 is 31.0. The van der Waals surface area contributed by atoms with E-state index in [1.807, 2.05) is 0 Å². The lowest BCUT2D eigenvalue weighted by atomic mass is 10.0. The smallest absolute Gasteiger partial charge is 0.310 e. The van der Waals surface area contributed by atoms with Crippen LogP contribution in [0.1, 0.15) is 30.0 Å². The maximum absolute atomic E-state index is 13.0. The van der Waals surface area contributed by atoms with Gasteiger partial charge < -0.3 is 4.74 Å². The number of aromatic nitrogens is 1. The minimum absolute atomic E-state index is 0.0875. The van der Waals surface area contributed by atoms with Gasteiger partial charge in [-0.15, -0.1) is 11.6 Å². The SMILES string of the molecule is CCOC(=O)Cc1c(Br)ncc(CCl)c1C(F)F. The van der Waals surface area contributed by atoms with Gasteiger partial charge in [-0.1, -0.05) is 0 Å². The van der Waals surface area contributed by atoms with Crippen molar-refractivity contribution in [1.29, 1.82) is 0 Å². The van der Waals surface area contributed by atoms with Gasteiger partial charge >= 0.3 is 5.97 Å². The molecule has 0 radical (unpaired) electrons. The Bertz CT molecular complexity index is 443. The lowest BCUT2D eigenvalue weighted by Crippen LogP contribution is -2.12.